The minimum atomic E-state index is 0.160. The van der Waals surface area contributed by atoms with E-state index in [4.69, 9.17) is 9.47 Å². The Hall–Kier alpha value is -2.37. The van der Waals surface area contributed by atoms with Crippen LogP contribution in [0.4, 0.5) is 5.82 Å². The second-order valence-corrected chi connectivity index (χ2v) is 6.83. The molecule has 25 heavy (non-hydrogen) atoms. The summed E-state index contributed by atoms with van der Waals surface area (Å²) in [5.41, 5.74) is 0. The van der Waals surface area contributed by atoms with E-state index in [0.29, 0.717) is 11.8 Å². The van der Waals surface area contributed by atoms with Crippen LogP contribution in [0.15, 0.2) is 36.9 Å². The van der Waals surface area contributed by atoms with Gasteiger partial charge in [-0.1, -0.05) is 12.8 Å². The van der Waals surface area contributed by atoms with E-state index in [1.54, 1.807) is 24.8 Å². The number of ether oxygens (including phenoxy) is 2. The van der Waals surface area contributed by atoms with Crippen molar-refractivity contribution in [3.05, 3.63) is 36.9 Å². The third-order valence-corrected chi connectivity index (χ3v) is 4.96. The van der Waals surface area contributed by atoms with Gasteiger partial charge in [-0.05, 0) is 30.9 Å². The highest BCUT2D eigenvalue weighted by atomic mass is 16.5. The molecule has 0 N–H and O–H groups in total. The zero-order valence-corrected chi connectivity index (χ0v) is 14.4. The zero-order valence-electron chi connectivity index (χ0n) is 14.4. The Morgan fingerprint density at radius 2 is 1.88 bits per heavy atom. The average molecular weight is 340 g/mol. The molecule has 1 aliphatic carbocycles. The molecule has 0 aromatic carbocycles. The summed E-state index contributed by atoms with van der Waals surface area (Å²) in [5, 5.41) is 0. The Kier molecular flexibility index (Phi) is 4.95. The van der Waals surface area contributed by atoms with Crippen molar-refractivity contribution < 1.29 is 9.47 Å². The van der Waals surface area contributed by atoms with Crippen LogP contribution in [0.5, 0.6) is 11.6 Å². The van der Waals surface area contributed by atoms with E-state index in [2.05, 4.69) is 19.9 Å². The van der Waals surface area contributed by atoms with Crippen LogP contribution in [-0.2, 0) is 0 Å². The van der Waals surface area contributed by atoms with Gasteiger partial charge in [-0.2, -0.15) is 4.98 Å². The highest BCUT2D eigenvalue weighted by Gasteiger charge is 2.25. The minimum Gasteiger partial charge on any atom is -0.488 e. The Labute approximate surface area is 148 Å². The molecule has 1 saturated carbocycles. The van der Waals surface area contributed by atoms with E-state index in [0.717, 1.165) is 37.7 Å². The molecule has 1 atom stereocenters. The summed E-state index contributed by atoms with van der Waals surface area (Å²) in [6.45, 7) is 2.48. The molecule has 3 heterocycles. The molecule has 2 fully saturated rings. The Bertz CT molecular complexity index is 676. The first kappa shape index (κ1) is 16.1. The monoisotopic (exact) mass is 340 g/mol. The molecule has 0 radical (unpaired) electrons. The first-order chi connectivity index (χ1) is 12.4. The van der Waals surface area contributed by atoms with Crippen LogP contribution in [0.2, 0.25) is 0 Å². The summed E-state index contributed by atoms with van der Waals surface area (Å²) in [6, 6.07) is 3.78. The first-order valence-corrected chi connectivity index (χ1v) is 9.13. The van der Waals surface area contributed by atoms with E-state index in [9.17, 15) is 0 Å². The normalized spacial score (nSPS) is 20.8. The van der Waals surface area contributed by atoms with E-state index in [1.807, 2.05) is 12.1 Å². The van der Waals surface area contributed by atoms with Crippen LogP contribution in [0.3, 0.4) is 0 Å². The maximum atomic E-state index is 6.01. The number of hydrogen-bond acceptors (Lipinski definition) is 6. The molecule has 1 saturated heterocycles. The minimum absolute atomic E-state index is 0.160. The molecule has 2 aromatic heterocycles. The van der Waals surface area contributed by atoms with Crippen molar-refractivity contribution in [3.63, 3.8) is 0 Å². The van der Waals surface area contributed by atoms with Crippen LogP contribution in [0, 0.1) is 5.92 Å². The summed E-state index contributed by atoms with van der Waals surface area (Å²) in [5.74, 6) is 3.03. The molecule has 0 bridgehead atoms. The lowest BCUT2D eigenvalue weighted by atomic mass is 10.1. The lowest BCUT2D eigenvalue weighted by Gasteiger charge is -2.18. The summed E-state index contributed by atoms with van der Waals surface area (Å²) < 4.78 is 11.9. The molecule has 0 spiro atoms. The van der Waals surface area contributed by atoms with Crippen molar-refractivity contribution >= 4 is 5.82 Å². The molecule has 1 unspecified atom stereocenters. The quantitative estimate of drug-likeness (QED) is 0.805. The smallest absolute Gasteiger partial charge is 0.234 e. The van der Waals surface area contributed by atoms with Crippen molar-refractivity contribution in [2.24, 2.45) is 5.92 Å². The summed E-state index contributed by atoms with van der Waals surface area (Å²) in [7, 11) is 0. The fourth-order valence-corrected chi connectivity index (χ4v) is 3.58. The van der Waals surface area contributed by atoms with Crippen LogP contribution in [0.1, 0.15) is 32.1 Å². The highest BCUT2D eigenvalue weighted by Crippen LogP contribution is 2.26. The lowest BCUT2D eigenvalue weighted by molar-refractivity contribution is 0.224. The summed E-state index contributed by atoms with van der Waals surface area (Å²) in [6.07, 6.45) is 13.3. The van der Waals surface area contributed by atoms with Crippen molar-refractivity contribution in [3.8, 4) is 11.6 Å². The van der Waals surface area contributed by atoms with Crippen LogP contribution < -0.4 is 14.4 Å². The SMILES string of the molecule is c1cc(OC2CCN(c3cncc(OCC4CCCC4)n3)C2)ccn1. The maximum Gasteiger partial charge on any atom is 0.234 e. The first-order valence-electron chi connectivity index (χ1n) is 9.13. The van der Waals surface area contributed by atoms with E-state index >= 15 is 0 Å². The number of hydrogen-bond donors (Lipinski definition) is 0. The number of anilines is 1. The van der Waals surface area contributed by atoms with Gasteiger partial charge in [-0.25, -0.2) is 0 Å². The maximum absolute atomic E-state index is 6.01. The lowest BCUT2D eigenvalue weighted by Crippen LogP contribution is -2.25. The predicted molar refractivity (Wildman–Crippen MR) is 95.0 cm³/mol. The number of pyridine rings is 1. The number of rotatable bonds is 6. The highest BCUT2D eigenvalue weighted by molar-refractivity contribution is 5.39. The third kappa shape index (κ3) is 4.18. The van der Waals surface area contributed by atoms with E-state index in [1.165, 1.54) is 25.7 Å². The van der Waals surface area contributed by atoms with Crippen molar-refractivity contribution in [2.75, 3.05) is 24.6 Å². The number of nitrogens with zero attached hydrogens (tertiary/aromatic N) is 4. The van der Waals surface area contributed by atoms with Gasteiger partial charge in [-0.15, -0.1) is 0 Å². The molecule has 2 aliphatic rings. The standard InChI is InChI=1S/C19H24N4O2/c1-2-4-15(3-1)14-24-19-12-21-11-18(22-19)23-10-7-17(13-23)25-16-5-8-20-9-6-16/h5-6,8-9,11-12,15,17H,1-4,7,10,13-14H2. The van der Waals surface area contributed by atoms with Crippen LogP contribution in [0.25, 0.3) is 0 Å². The fraction of sp³-hybridized carbons (Fsp3) is 0.526. The van der Waals surface area contributed by atoms with Crippen molar-refractivity contribution in [2.45, 2.75) is 38.2 Å². The Morgan fingerprint density at radius 3 is 2.72 bits per heavy atom. The van der Waals surface area contributed by atoms with Crippen molar-refractivity contribution in [1.82, 2.24) is 15.0 Å². The number of aromatic nitrogens is 3. The molecule has 6 nitrogen and oxygen atoms in total. The molecule has 6 heteroatoms. The molecule has 2 aromatic rings. The zero-order chi connectivity index (χ0) is 16.9. The van der Waals surface area contributed by atoms with Gasteiger partial charge >= 0.3 is 0 Å². The molecule has 132 valence electrons. The van der Waals surface area contributed by atoms with Gasteiger partial charge in [-0.3, -0.25) is 9.97 Å². The van der Waals surface area contributed by atoms with Crippen LogP contribution >= 0.6 is 0 Å². The largest absolute Gasteiger partial charge is 0.488 e. The Morgan fingerprint density at radius 1 is 1.04 bits per heavy atom. The van der Waals surface area contributed by atoms with Gasteiger partial charge < -0.3 is 14.4 Å². The van der Waals surface area contributed by atoms with E-state index in [-0.39, 0.29) is 6.10 Å². The summed E-state index contributed by atoms with van der Waals surface area (Å²) >= 11 is 0. The average Bonchev–Trinajstić information content (AvgIpc) is 3.33. The summed E-state index contributed by atoms with van der Waals surface area (Å²) in [4.78, 5) is 15.2. The van der Waals surface area contributed by atoms with Gasteiger partial charge in [0.1, 0.15) is 11.9 Å². The molecule has 0 amide bonds. The predicted octanol–water partition coefficient (Wildman–Crippen LogP) is 3.10. The van der Waals surface area contributed by atoms with Crippen molar-refractivity contribution in [1.29, 1.82) is 0 Å². The van der Waals surface area contributed by atoms with Gasteiger partial charge in [0.05, 0.1) is 25.5 Å². The second-order valence-electron chi connectivity index (χ2n) is 6.83. The molecule has 4 rings (SSSR count). The fourth-order valence-electron chi connectivity index (χ4n) is 3.58. The van der Waals surface area contributed by atoms with Gasteiger partial charge in [0.15, 0.2) is 5.82 Å². The second kappa shape index (κ2) is 7.68. The van der Waals surface area contributed by atoms with Gasteiger partial charge in [0.2, 0.25) is 5.88 Å². The molecular weight excluding hydrogens is 316 g/mol. The Balaban J connectivity index is 1.33. The third-order valence-electron chi connectivity index (χ3n) is 4.96. The molecule has 1 aliphatic heterocycles. The van der Waals surface area contributed by atoms with Gasteiger partial charge in [0, 0.05) is 25.4 Å². The topological polar surface area (TPSA) is 60.4 Å². The molecular formula is C19H24N4O2. The van der Waals surface area contributed by atoms with E-state index < -0.39 is 0 Å². The van der Waals surface area contributed by atoms with Crippen LogP contribution in [-0.4, -0.2) is 40.8 Å². The van der Waals surface area contributed by atoms with Gasteiger partial charge in [0.25, 0.3) is 0 Å².